The number of nitrogens with one attached hydrogen (secondary N) is 1. The average Bonchev–Trinajstić information content (AvgIpc) is 3.13. The van der Waals surface area contributed by atoms with Gasteiger partial charge in [0.2, 0.25) is 0 Å². The van der Waals surface area contributed by atoms with Crippen LogP contribution in [-0.4, -0.2) is 18.9 Å². The summed E-state index contributed by atoms with van der Waals surface area (Å²) in [6.45, 7) is 6.39. The average molecular weight is 431 g/mol. The summed E-state index contributed by atoms with van der Waals surface area (Å²) < 4.78 is 29.5. The van der Waals surface area contributed by atoms with Crippen LogP contribution in [0.2, 0.25) is 0 Å². The molecule has 0 aliphatic heterocycles. The van der Waals surface area contributed by atoms with E-state index in [9.17, 15) is 13.2 Å². The van der Waals surface area contributed by atoms with E-state index in [2.05, 4.69) is 11.3 Å². The third-order valence-corrected chi connectivity index (χ3v) is 6.48. The van der Waals surface area contributed by atoms with Crippen molar-refractivity contribution < 1.29 is 13.2 Å². The third kappa shape index (κ3) is 4.29. The van der Waals surface area contributed by atoms with E-state index in [1.54, 1.807) is 22.8 Å². The lowest BCUT2D eigenvalue weighted by molar-refractivity contribution is 0.0973. The van der Waals surface area contributed by atoms with Gasteiger partial charge < -0.3 is 4.57 Å². The molecule has 0 atom stereocenters. The summed E-state index contributed by atoms with van der Waals surface area (Å²) in [5, 5.41) is 0.848. The van der Waals surface area contributed by atoms with E-state index in [1.165, 1.54) is 12.1 Å². The lowest BCUT2D eigenvalue weighted by Gasteiger charge is -2.13. The zero-order valence-corrected chi connectivity index (χ0v) is 17.9. The van der Waals surface area contributed by atoms with Crippen molar-refractivity contribution in [3.8, 4) is 0 Å². The quantitative estimate of drug-likeness (QED) is 0.479. The second-order valence-electron chi connectivity index (χ2n) is 7.39. The highest BCUT2D eigenvalue weighted by molar-refractivity contribution is 7.90. The highest BCUT2D eigenvalue weighted by Gasteiger charge is 2.22. The van der Waals surface area contributed by atoms with E-state index in [-0.39, 0.29) is 10.6 Å². The highest BCUT2D eigenvalue weighted by atomic mass is 32.2. The lowest BCUT2D eigenvalue weighted by atomic mass is 10.1. The predicted octanol–water partition coefficient (Wildman–Crippen LogP) is 4.78. The Labute approximate surface area is 181 Å². The molecule has 0 radical (unpaired) electrons. The van der Waals surface area contributed by atoms with Crippen LogP contribution in [0.4, 0.5) is 0 Å². The number of aromatic nitrogens is 1. The molecule has 0 aliphatic rings. The van der Waals surface area contributed by atoms with Crippen LogP contribution < -0.4 is 4.72 Å². The Bertz CT molecular complexity index is 1370. The van der Waals surface area contributed by atoms with Gasteiger partial charge in [0.1, 0.15) is 5.69 Å². The molecule has 156 valence electrons. The van der Waals surface area contributed by atoms with Crippen molar-refractivity contribution in [2.75, 3.05) is 0 Å². The normalized spacial score (nSPS) is 11.4. The summed E-state index contributed by atoms with van der Waals surface area (Å²) in [5.41, 5.74) is 3.80. The minimum Gasteiger partial charge on any atom is -0.332 e. The van der Waals surface area contributed by atoms with Crippen molar-refractivity contribution >= 4 is 32.4 Å². The van der Waals surface area contributed by atoms with Gasteiger partial charge in [0.25, 0.3) is 15.9 Å². The fourth-order valence-electron chi connectivity index (χ4n) is 3.48. The summed E-state index contributed by atoms with van der Waals surface area (Å²) in [6.07, 6.45) is 0. The Balaban J connectivity index is 1.70. The first-order valence-electron chi connectivity index (χ1n) is 9.80. The number of benzene rings is 3. The van der Waals surface area contributed by atoms with E-state index in [0.717, 1.165) is 27.6 Å². The number of allylic oxidation sites excluding steroid dienone is 1. The maximum atomic E-state index is 13.1. The number of rotatable bonds is 6. The second-order valence-corrected chi connectivity index (χ2v) is 9.07. The number of aryl methyl sites for hydroxylation is 1. The largest absolute Gasteiger partial charge is 0.332 e. The van der Waals surface area contributed by atoms with Crippen LogP contribution in [0.15, 0.2) is 96.4 Å². The summed E-state index contributed by atoms with van der Waals surface area (Å²) in [5.74, 6) is -0.683. The van der Waals surface area contributed by atoms with Crippen molar-refractivity contribution in [1.29, 1.82) is 0 Å². The Morgan fingerprint density at radius 1 is 0.935 bits per heavy atom. The number of amides is 1. The maximum Gasteiger partial charge on any atom is 0.281 e. The van der Waals surface area contributed by atoms with Crippen molar-refractivity contribution in [2.24, 2.45) is 0 Å². The minimum absolute atomic E-state index is 0.0443. The molecule has 0 spiro atoms. The van der Waals surface area contributed by atoms with Gasteiger partial charge >= 0.3 is 0 Å². The molecular weight excluding hydrogens is 408 g/mol. The monoisotopic (exact) mass is 430 g/mol. The van der Waals surface area contributed by atoms with Crippen LogP contribution in [0.25, 0.3) is 16.5 Å². The predicted molar refractivity (Wildman–Crippen MR) is 123 cm³/mol. The zero-order chi connectivity index (χ0) is 22.0. The van der Waals surface area contributed by atoms with Gasteiger partial charge in [-0.3, -0.25) is 4.79 Å². The molecule has 3 aromatic carbocycles. The molecule has 4 rings (SSSR count). The number of carbonyl (C=O) groups is 1. The van der Waals surface area contributed by atoms with Crippen LogP contribution in [-0.2, 0) is 16.6 Å². The molecule has 1 amide bonds. The third-order valence-electron chi connectivity index (χ3n) is 5.13. The Kier molecular flexibility index (Phi) is 5.48. The van der Waals surface area contributed by atoms with Gasteiger partial charge in [0, 0.05) is 17.4 Å². The summed E-state index contributed by atoms with van der Waals surface area (Å²) in [7, 11) is -3.99. The molecule has 1 N–H and O–H groups in total. The maximum absolute atomic E-state index is 13.1. The smallest absolute Gasteiger partial charge is 0.281 e. The van der Waals surface area contributed by atoms with E-state index in [1.807, 2.05) is 61.5 Å². The number of hydrogen-bond acceptors (Lipinski definition) is 3. The fraction of sp³-hybridized carbons (Fsp3) is 0.0800. The van der Waals surface area contributed by atoms with E-state index >= 15 is 0 Å². The summed E-state index contributed by atoms with van der Waals surface area (Å²) in [6, 6.07) is 25.3. The van der Waals surface area contributed by atoms with Crippen LogP contribution in [0.5, 0.6) is 0 Å². The lowest BCUT2D eigenvalue weighted by Crippen LogP contribution is -2.32. The van der Waals surface area contributed by atoms with Crippen LogP contribution in [0, 0.1) is 6.92 Å². The standard InChI is InChI=1S/C25H22N2O3S/c1-18-12-14-22(15-13-18)31(29,30)26-25(28)24-16-21-10-6-7-11-23(21)27(24)17-19(2)20-8-4-3-5-9-20/h3-16H,2,17H2,1H3,(H,26,28). The van der Waals surface area contributed by atoms with Gasteiger partial charge in [-0.1, -0.05) is 72.8 Å². The van der Waals surface area contributed by atoms with Crippen LogP contribution in [0.1, 0.15) is 21.6 Å². The van der Waals surface area contributed by atoms with Crippen molar-refractivity contribution in [2.45, 2.75) is 18.4 Å². The molecular formula is C25H22N2O3S. The van der Waals surface area contributed by atoms with Gasteiger partial charge in [-0.15, -0.1) is 0 Å². The molecule has 31 heavy (non-hydrogen) atoms. The van der Waals surface area contributed by atoms with Crippen LogP contribution >= 0.6 is 0 Å². The number of para-hydroxylation sites is 1. The number of sulfonamides is 1. The Morgan fingerprint density at radius 2 is 1.58 bits per heavy atom. The second kappa shape index (κ2) is 8.24. The van der Waals surface area contributed by atoms with Gasteiger partial charge in [-0.05, 0) is 42.3 Å². The Morgan fingerprint density at radius 3 is 2.29 bits per heavy atom. The van der Waals surface area contributed by atoms with E-state index < -0.39 is 15.9 Å². The zero-order valence-electron chi connectivity index (χ0n) is 17.1. The van der Waals surface area contributed by atoms with Crippen molar-refractivity contribution in [3.05, 3.63) is 108 Å². The van der Waals surface area contributed by atoms with E-state index in [0.29, 0.717) is 6.54 Å². The summed E-state index contributed by atoms with van der Waals surface area (Å²) in [4.78, 5) is 13.1. The first-order chi connectivity index (χ1) is 14.8. The number of nitrogens with zero attached hydrogens (tertiary/aromatic N) is 1. The molecule has 1 heterocycles. The van der Waals surface area contributed by atoms with Crippen LogP contribution in [0.3, 0.4) is 0 Å². The molecule has 0 bridgehead atoms. The fourth-order valence-corrected chi connectivity index (χ4v) is 4.44. The highest BCUT2D eigenvalue weighted by Crippen LogP contribution is 2.24. The minimum atomic E-state index is -3.99. The number of fused-ring (bicyclic) bond motifs is 1. The molecule has 0 fully saturated rings. The van der Waals surface area contributed by atoms with Gasteiger partial charge in [0.05, 0.1) is 4.90 Å². The molecule has 0 saturated heterocycles. The topological polar surface area (TPSA) is 68.2 Å². The summed E-state index contributed by atoms with van der Waals surface area (Å²) >= 11 is 0. The number of hydrogen-bond donors (Lipinski definition) is 1. The van der Waals surface area contributed by atoms with Gasteiger partial charge in [-0.25, -0.2) is 13.1 Å². The van der Waals surface area contributed by atoms with E-state index in [4.69, 9.17) is 0 Å². The van der Waals surface area contributed by atoms with Crippen molar-refractivity contribution in [3.63, 3.8) is 0 Å². The molecule has 4 aromatic rings. The molecule has 0 saturated carbocycles. The first kappa shape index (κ1) is 20.6. The van der Waals surface area contributed by atoms with Gasteiger partial charge in [-0.2, -0.15) is 0 Å². The SMILES string of the molecule is C=C(Cn1c(C(=O)NS(=O)(=O)c2ccc(C)cc2)cc2ccccc21)c1ccccc1. The molecule has 0 aliphatic carbocycles. The molecule has 5 nitrogen and oxygen atoms in total. The molecule has 0 unspecified atom stereocenters. The Hall–Kier alpha value is -3.64. The number of carbonyl (C=O) groups excluding carboxylic acids is 1. The van der Waals surface area contributed by atoms with Gasteiger partial charge in [0.15, 0.2) is 0 Å². The first-order valence-corrected chi connectivity index (χ1v) is 11.3. The van der Waals surface area contributed by atoms with Crippen molar-refractivity contribution in [1.82, 2.24) is 9.29 Å². The molecule has 6 heteroatoms. The molecule has 1 aromatic heterocycles.